The third kappa shape index (κ3) is 3.77. The van der Waals surface area contributed by atoms with Crippen LogP contribution in [0.2, 0.25) is 0 Å². The number of ether oxygens (including phenoxy) is 2. The Morgan fingerprint density at radius 1 is 1.48 bits per heavy atom. The highest BCUT2D eigenvalue weighted by Gasteiger charge is 2.35. The zero-order valence-electron chi connectivity index (χ0n) is 15.5. The van der Waals surface area contributed by atoms with E-state index in [0.29, 0.717) is 25.4 Å². The number of carbonyl (C=O) groups excluding carboxylic acids is 1. The first-order valence-corrected chi connectivity index (χ1v) is 8.67. The molecule has 0 spiro atoms. The van der Waals surface area contributed by atoms with Crippen LogP contribution in [0.5, 0.6) is 0 Å². The molecule has 1 atom stereocenters. The molecule has 9 heteroatoms. The van der Waals surface area contributed by atoms with Gasteiger partial charge in [0.05, 0.1) is 30.9 Å². The molecule has 144 valence electrons. The molecule has 1 aliphatic rings. The maximum absolute atomic E-state index is 12.2. The van der Waals surface area contributed by atoms with Crippen molar-refractivity contribution in [1.29, 1.82) is 0 Å². The minimum absolute atomic E-state index is 0.0473. The fourth-order valence-electron chi connectivity index (χ4n) is 3.21. The lowest BCUT2D eigenvalue weighted by Crippen LogP contribution is -2.48. The Hall–Kier alpha value is -2.94. The summed E-state index contributed by atoms with van der Waals surface area (Å²) in [5.41, 5.74) is 0.775. The van der Waals surface area contributed by atoms with Crippen molar-refractivity contribution in [2.24, 2.45) is 7.05 Å². The molecule has 2 heterocycles. The van der Waals surface area contributed by atoms with Gasteiger partial charge in [-0.2, -0.15) is 5.10 Å². The lowest BCUT2D eigenvalue weighted by Gasteiger charge is -2.41. The Labute approximate surface area is 156 Å². The van der Waals surface area contributed by atoms with E-state index < -0.39 is 16.5 Å². The van der Waals surface area contributed by atoms with E-state index in [-0.39, 0.29) is 17.9 Å². The van der Waals surface area contributed by atoms with Gasteiger partial charge in [-0.05, 0) is 26.0 Å². The number of nitro groups is 1. The zero-order valence-corrected chi connectivity index (χ0v) is 15.5. The monoisotopic (exact) mass is 374 g/mol. The SMILES string of the molecule is CCOC(=O)c1cc(N2CCOC(C)(c3cnn(C)c3)C2)ccc1[N+](=O)[O-]. The van der Waals surface area contributed by atoms with Crippen molar-refractivity contribution in [3.8, 4) is 0 Å². The van der Waals surface area contributed by atoms with E-state index in [0.717, 1.165) is 5.56 Å². The molecule has 27 heavy (non-hydrogen) atoms. The summed E-state index contributed by atoms with van der Waals surface area (Å²) in [7, 11) is 1.84. The summed E-state index contributed by atoms with van der Waals surface area (Å²) in [5, 5.41) is 15.5. The molecule has 3 rings (SSSR count). The molecule has 1 unspecified atom stereocenters. The fraction of sp³-hybridized carbons (Fsp3) is 0.444. The van der Waals surface area contributed by atoms with Gasteiger partial charge < -0.3 is 14.4 Å². The second-order valence-electron chi connectivity index (χ2n) is 6.58. The van der Waals surface area contributed by atoms with Gasteiger partial charge in [0.2, 0.25) is 0 Å². The van der Waals surface area contributed by atoms with Crippen molar-refractivity contribution >= 4 is 17.3 Å². The molecule has 9 nitrogen and oxygen atoms in total. The number of anilines is 1. The van der Waals surface area contributed by atoms with E-state index in [2.05, 4.69) is 5.10 Å². The van der Waals surface area contributed by atoms with E-state index in [1.165, 1.54) is 12.1 Å². The molecule has 0 saturated carbocycles. The van der Waals surface area contributed by atoms with Crippen molar-refractivity contribution in [3.63, 3.8) is 0 Å². The first-order valence-electron chi connectivity index (χ1n) is 8.67. The van der Waals surface area contributed by atoms with Crippen LogP contribution in [0.1, 0.15) is 29.8 Å². The van der Waals surface area contributed by atoms with Crippen molar-refractivity contribution in [1.82, 2.24) is 9.78 Å². The Kier molecular flexibility index (Phi) is 5.13. The molecule has 1 fully saturated rings. The predicted octanol–water partition coefficient (Wildman–Crippen LogP) is 2.26. The summed E-state index contributed by atoms with van der Waals surface area (Å²) < 4.78 is 12.7. The maximum Gasteiger partial charge on any atom is 0.345 e. The van der Waals surface area contributed by atoms with Gasteiger partial charge >= 0.3 is 5.97 Å². The minimum Gasteiger partial charge on any atom is -0.462 e. The topological polar surface area (TPSA) is 99.7 Å². The molecule has 0 N–H and O–H groups in total. The second kappa shape index (κ2) is 7.36. The van der Waals surface area contributed by atoms with E-state index in [1.54, 1.807) is 23.9 Å². The normalized spacial score (nSPS) is 19.7. The van der Waals surface area contributed by atoms with Crippen LogP contribution in [-0.2, 0) is 22.1 Å². The summed E-state index contributed by atoms with van der Waals surface area (Å²) >= 11 is 0. The van der Waals surface area contributed by atoms with Gasteiger partial charge in [0.15, 0.2) is 0 Å². The van der Waals surface area contributed by atoms with Gasteiger partial charge in [-0.3, -0.25) is 14.8 Å². The fourth-order valence-corrected chi connectivity index (χ4v) is 3.21. The Morgan fingerprint density at radius 3 is 2.89 bits per heavy atom. The quantitative estimate of drug-likeness (QED) is 0.449. The smallest absolute Gasteiger partial charge is 0.345 e. The van der Waals surface area contributed by atoms with Crippen molar-refractivity contribution in [2.75, 3.05) is 31.2 Å². The molecule has 0 amide bonds. The van der Waals surface area contributed by atoms with Crippen LogP contribution in [0, 0.1) is 10.1 Å². The number of nitrogens with zero attached hydrogens (tertiary/aromatic N) is 4. The van der Waals surface area contributed by atoms with Gasteiger partial charge in [-0.25, -0.2) is 4.79 Å². The number of morpholine rings is 1. The number of esters is 1. The number of aryl methyl sites for hydroxylation is 1. The van der Waals surface area contributed by atoms with Gasteiger partial charge in [-0.1, -0.05) is 0 Å². The van der Waals surface area contributed by atoms with Crippen LogP contribution in [0.15, 0.2) is 30.6 Å². The summed E-state index contributed by atoms with van der Waals surface area (Å²) in [6, 6.07) is 4.51. The number of nitro benzene ring substituents is 1. The lowest BCUT2D eigenvalue weighted by molar-refractivity contribution is -0.385. The Balaban J connectivity index is 1.92. The van der Waals surface area contributed by atoms with Crippen LogP contribution < -0.4 is 4.90 Å². The highest BCUT2D eigenvalue weighted by atomic mass is 16.6. The van der Waals surface area contributed by atoms with E-state index >= 15 is 0 Å². The molecule has 2 aromatic rings. The van der Waals surface area contributed by atoms with Gasteiger partial charge in [0.25, 0.3) is 5.69 Å². The molecule has 0 aliphatic carbocycles. The van der Waals surface area contributed by atoms with Gasteiger partial charge in [0.1, 0.15) is 11.2 Å². The van der Waals surface area contributed by atoms with Crippen molar-refractivity contribution in [3.05, 3.63) is 51.8 Å². The number of rotatable bonds is 5. The van der Waals surface area contributed by atoms with Crippen LogP contribution in [0.4, 0.5) is 11.4 Å². The lowest BCUT2D eigenvalue weighted by atomic mass is 9.96. The van der Waals surface area contributed by atoms with E-state index in [1.807, 2.05) is 25.1 Å². The van der Waals surface area contributed by atoms with E-state index in [4.69, 9.17) is 9.47 Å². The number of aromatic nitrogens is 2. The first kappa shape index (κ1) is 18.8. The third-order valence-electron chi connectivity index (χ3n) is 4.63. The molecule has 0 radical (unpaired) electrons. The van der Waals surface area contributed by atoms with Crippen molar-refractivity contribution < 1.29 is 19.2 Å². The molecular formula is C18H22N4O5. The number of benzene rings is 1. The number of hydrogen-bond donors (Lipinski definition) is 0. The van der Waals surface area contributed by atoms with Crippen LogP contribution >= 0.6 is 0 Å². The van der Waals surface area contributed by atoms with Crippen molar-refractivity contribution in [2.45, 2.75) is 19.4 Å². The predicted molar refractivity (Wildman–Crippen MR) is 97.8 cm³/mol. The number of carbonyl (C=O) groups is 1. The maximum atomic E-state index is 12.2. The molecular weight excluding hydrogens is 352 g/mol. The Morgan fingerprint density at radius 2 is 2.26 bits per heavy atom. The van der Waals surface area contributed by atoms with E-state index in [9.17, 15) is 14.9 Å². The number of hydrogen-bond acceptors (Lipinski definition) is 7. The zero-order chi connectivity index (χ0) is 19.6. The molecule has 1 aromatic heterocycles. The van der Waals surface area contributed by atoms with Crippen LogP contribution in [0.25, 0.3) is 0 Å². The van der Waals surface area contributed by atoms with Crippen LogP contribution in [-0.4, -0.2) is 47.0 Å². The average molecular weight is 374 g/mol. The second-order valence-corrected chi connectivity index (χ2v) is 6.58. The summed E-state index contributed by atoms with van der Waals surface area (Å²) in [6.07, 6.45) is 3.67. The standard InChI is InChI=1S/C18H22N4O5/c1-4-26-17(23)15-9-14(5-6-16(15)22(24)25)21-7-8-27-18(2,12-21)13-10-19-20(3)11-13/h5-6,9-11H,4,7-8,12H2,1-3H3. The molecule has 1 saturated heterocycles. The highest BCUT2D eigenvalue weighted by Crippen LogP contribution is 2.33. The molecule has 1 aliphatic heterocycles. The van der Waals surface area contributed by atoms with Gasteiger partial charge in [-0.15, -0.1) is 0 Å². The third-order valence-corrected chi connectivity index (χ3v) is 4.63. The minimum atomic E-state index is -0.700. The largest absolute Gasteiger partial charge is 0.462 e. The average Bonchev–Trinajstić information content (AvgIpc) is 3.09. The van der Waals surface area contributed by atoms with Crippen LogP contribution in [0.3, 0.4) is 0 Å². The summed E-state index contributed by atoms with van der Waals surface area (Å²) in [6.45, 7) is 5.41. The first-order chi connectivity index (χ1) is 12.8. The van der Waals surface area contributed by atoms with Gasteiger partial charge in [0, 0.05) is 37.1 Å². The highest BCUT2D eigenvalue weighted by molar-refractivity contribution is 5.95. The summed E-state index contributed by atoms with van der Waals surface area (Å²) in [4.78, 5) is 24.9. The summed E-state index contributed by atoms with van der Waals surface area (Å²) in [5.74, 6) is -0.700. The molecule has 1 aromatic carbocycles. The Bertz CT molecular complexity index is 865. The molecule has 0 bridgehead atoms.